The van der Waals surface area contributed by atoms with Gasteiger partial charge in [-0.3, -0.25) is 0 Å². The first-order valence-electron chi connectivity index (χ1n) is 8.11. The monoisotopic (exact) mass is 370 g/mol. The van der Waals surface area contributed by atoms with Crippen molar-refractivity contribution < 1.29 is 14.2 Å². The Kier molecular flexibility index (Phi) is 5.32. The summed E-state index contributed by atoms with van der Waals surface area (Å²) in [6.07, 6.45) is 0. The molecule has 3 rings (SSSR count). The van der Waals surface area contributed by atoms with E-state index in [1.165, 1.54) is 0 Å². The Bertz CT molecular complexity index is 863. The normalized spacial score (nSPS) is 10.5. The van der Waals surface area contributed by atoms with E-state index in [2.05, 4.69) is 29.2 Å². The zero-order chi connectivity index (χ0) is 18.7. The first kappa shape index (κ1) is 18.1. The van der Waals surface area contributed by atoms with E-state index in [0.29, 0.717) is 17.2 Å². The van der Waals surface area contributed by atoms with Crippen LogP contribution in [0.5, 0.6) is 17.2 Å². The molecule has 2 aromatic carbocycles. The summed E-state index contributed by atoms with van der Waals surface area (Å²) in [5.74, 6) is 1.81. The van der Waals surface area contributed by atoms with Crippen molar-refractivity contribution in [2.45, 2.75) is 0 Å². The van der Waals surface area contributed by atoms with Gasteiger partial charge in [0.05, 0.1) is 27.0 Å². The maximum absolute atomic E-state index is 5.43. The molecular formula is C20H22N2O3S. The zero-order valence-corrected chi connectivity index (χ0v) is 16.4. The second-order valence-corrected chi connectivity index (χ2v) is 6.75. The summed E-state index contributed by atoms with van der Waals surface area (Å²) >= 11 is 1.61. The van der Waals surface area contributed by atoms with Gasteiger partial charge in [0.2, 0.25) is 5.75 Å². The van der Waals surface area contributed by atoms with E-state index in [-0.39, 0.29) is 0 Å². The van der Waals surface area contributed by atoms with Gasteiger partial charge in [0.15, 0.2) is 11.5 Å². The van der Waals surface area contributed by atoms with E-state index in [1.54, 1.807) is 32.7 Å². The van der Waals surface area contributed by atoms with Crippen molar-refractivity contribution in [1.29, 1.82) is 0 Å². The lowest BCUT2D eigenvalue weighted by Crippen LogP contribution is -2.07. The van der Waals surface area contributed by atoms with Crippen LogP contribution in [0.3, 0.4) is 0 Å². The molecule has 0 aliphatic carbocycles. The van der Waals surface area contributed by atoms with Crippen LogP contribution in [0.1, 0.15) is 0 Å². The number of ether oxygens (including phenoxy) is 3. The van der Waals surface area contributed by atoms with E-state index < -0.39 is 0 Å². The fourth-order valence-electron chi connectivity index (χ4n) is 2.67. The van der Waals surface area contributed by atoms with E-state index in [9.17, 15) is 0 Å². The molecule has 5 nitrogen and oxygen atoms in total. The Labute approximate surface area is 157 Å². The molecule has 0 N–H and O–H groups in total. The van der Waals surface area contributed by atoms with Crippen molar-refractivity contribution in [3.63, 3.8) is 0 Å². The average molecular weight is 370 g/mol. The van der Waals surface area contributed by atoms with E-state index >= 15 is 0 Å². The number of hydrogen-bond acceptors (Lipinski definition) is 6. The number of hydrogen-bond donors (Lipinski definition) is 0. The number of anilines is 1. The number of rotatable bonds is 6. The molecule has 0 atom stereocenters. The molecule has 6 heteroatoms. The summed E-state index contributed by atoms with van der Waals surface area (Å²) in [6, 6.07) is 12.2. The van der Waals surface area contributed by atoms with Gasteiger partial charge >= 0.3 is 0 Å². The highest BCUT2D eigenvalue weighted by atomic mass is 32.1. The molecule has 0 aliphatic heterocycles. The summed E-state index contributed by atoms with van der Waals surface area (Å²) < 4.78 is 16.3. The topological polar surface area (TPSA) is 43.8 Å². The van der Waals surface area contributed by atoms with Crippen molar-refractivity contribution in [2.24, 2.45) is 0 Å². The first-order valence-corrected chi connectivity index (χ1v) is 8.99. The summed E-state index contributed by atoms with van der Waals surface area (Å²) in [5, 5.41) is 3.01. The fraction of sp³-hybridized carbons (Fsp3) is 0.250. The van der Waals surface area contributed by atoms with Gasteiger partial charge in [0.25, 0.3) is 0 Å². The summed E-state index contributed by atoms with van der Waals surface area (Å²) in [7, 11) is 8.87. The highest BCUT2D eigenvalue weighted by Gasteiger charge is 2.16. The Morgan fingerprint density at radius 3 is 1.96 bits per heavy atom. The molecule has 0 radical (unpaired) electrons. The molecule has 136 valence electrons. The Morgan fingerprint density at radius 2 is 1.46 bits per heavy atom. The molecule has 0 bridgehead atoms. The second-order valence-electron chi connectivity index (χ2n) is 5.89. The zero-order valence-electron chi connectivity index (χ0n) is 15.6. The molecule has 1 aromatic heterocycles. The fourth-order valence-corrected chi connectivity index (χ4v) is 3.51. The van der Waals surface area contributed by atoms with Crippen molar-refractivity contribution in [2.75, 3.05) is 40.3 Å². The number of aromatic nitrogens is 1. The number of nitrogens with zero attached hydrogens (tertiary/aromatic N) is 2. The summed E-state index contributed by atoms with van der Waals surface area (Å²) in [5.41, 5.74) is 4.06. The lowest BCUT2D eigenvalue weighted by atomic mass is 10.1. The Morgan fingerprint density at radius 1 is 0.846 bits per heavy atom. The molecule has 0 aliphatic rings. The standard InChI is InChI=1S/C20H22N2O3S/c1-22(2)15-8-6-13(7-9-15)20-21-16(12-26-20)14-10-17(23-3)19(25-5)18(11-14)24-4/h6-12H,1-5H3. The third-order valence-corrected chi connectivity index (χ3v) is 4.99. The van der Waals surface area contributed by atoms with Crippen molar-refractivity contribution in [3.8, 4) is 39.1 Å². The molecular weight excluding hydrogens is 348 g/mol. The van der Waals surface area contributed by atoms with Crippen LogP contribution in [0.2, 0.25) is 0 Å². The van der Waals surface area contributed by atoms with Crippen LogP contribution in [0, 0.1) is 0 Å². The molecule has 0 saturated heterocycles. The van der Waals surface area contributed by atoms with Crippen LogP contribution in [0.15, 0.2) is 41.8 Å². The highest BCUT2D eigenvalue weighted by Crippen LogP contribution is 2.41. The van der Waals surface area contributed by atoms with Gasteiger partial charge in [-0.1, -0.05) is 0 Å². The van der Waals surface area contributed by atoms with Gasteiger partial charge in [-0.25, -0.2) is 4.98 Å². The van der Waals surface area contributed by atoms with E-state index in [0.717, 1.165) is 27.5 Å². The van der Waals surface area contributed by atoms with Crippen molar-refractivity contribution in [1.82, 2.24) is 4.98 Å². The van der Waals surface area contributed by atoms with Crippen LogP contribution >= 0.6 is 11.3 Å². The van der Waals surface area contributed by atoms with Crippen molar-refractivity contribution in [3.05, 3.63) is 41.8 Å². The van der Waals surface area contributed by atoms with Gasteiger partial charge < -0.3 is 19.1 Å². The van der Waals surface area contributed by atoms with Crippen molar-refractivity contribution >= 4 is 17.0 Å². The van der Waals surface area contributed by atoms with Crippen LogP contribution in [0.25, 0.3) is 21.8 Å². The van der Waals surface area contributed by atoms with Gasteiger partial charge in [0, 0.05) is 36.3 Å². The minimum Gasteiger partial charge on any atom is -0.493 e. The molecule has 1 heterocycles. The molecule has 0 spiro atoms. The second kappa shape index (κ2) is 7.66. The largest absolute Gasteiger partial charge is 0.493 e. The lowest BCUT2D eigenvalue weighted by molar-refractivity contribution is 0.324. The molecule has 3 aromatic rings. The van der Waals surface area contributed by atoms with Crippen LogP contribution < -0.4 is 19.1 Å². The number of methoxy groups -OCH3 is 3. The van der Waals surface area contributed by atoms with Gasteiger partial charge in [0.1, 0.15) is 5.01 Å². The smallest absolute Gasteiger partial charge is 0.203 e. The third kappa shape index (κ3) is 3.46. The Hall–Kier alpha value is -2.73. The average Bonchev–Trinajstić information content (AvgIpc) is 3.17. The predicted molar refractivity (Wildman–Crippen MR) is 107 cm³/mol. The SMILES string of the molecule is COc1cc(-c2csc(-c3ccc(N(C)C)cc3)n2)cc(OC)c1OC. The molecule has 0 fully saturated rings. The number of thiazole rings is 1. The van der Waals surface area contributed by atoms with Gasteiger partial charge in [-0.15, -0.1) is 11.3 Å². The van der Waals surface area contributed by atoms with E-state index in [1.807, 2.05) is 31.6 Å². The summed E-state index contributed by atoms with van der Waals surface area (Å²) in [4.78, 5) is 6.86. The maximum Gasteiger partial charge on any atom is 0.203 e. The van der Waals surface area contributed by atoms with E-state index in [4.69, 9.17) is 19.2 Å². The third-order valence-electron chi connectivity index (χ3n) is 4.10. The molecule has 0 saturated carbocycles. The van der Waals surface area contributed by atoms with Gasteiger partial charge in [-0.2, -0.15) is 0 Å². The molecule has 0 unspecified atom stereocenters. The summed E-state index contributed by atoms with van der Waals surface area (Å²) in [6.45, 7) is 0. The molecule has 0 amide bonds. The van der Waals surface area contributed by atoms with Crippen LogP contribution in [0.4, 0.5) is 5.69 Å². The quantitative estimate of drug-likeness (QED) is 0.636. The highest BCUT2D eigenvalue weighted by molar-refractivity contribution is 7.13. The van der Waals surface area contributed by atoms with Crippen LogP contribution in [-0.4, -0.2) is 40.4 Å². The minimum atomic E-state index is 0.577. The minimum absolute atomic E-state index is 0.577. The van der Waals surface area contributed by atoms with Crippen LogP contribution in [-0.2, 0) is 0 Å². The Balaban J connectivity index is 1.97. The predicted octanol–water partition coefficient (Wildman–Crippen LogP) is 4.57. The first-order chi connectivity index (χ1) is 12.6. The lowest BCUT2D eigenvalue weighted by Gasteiger charge is -2.13. The van der Waals surface area contributed by atoms with Gasteiger partial charge in [-0.05, 0) is 36.4 Å². The molecule has 26 heavy (non-hydrogen) atoms. The number of benzene rings is 2. The maximum atomic E-state index is 5.43.